The molecular weight excluding hydrogens is 212 g/mol. The fraction of sp³-hybridized carbons (Fsp3) is 0.700. The molecule has 2 heterocycles. The van der Waals surface area contributed by atoms with Gasteiger partial charge in [-0.1, -0.05) is 11.3 Å². The molecule has 1 N–H and O–H groups in total. The van der Waals surface area contributed by atoms with E-state index in [2.05, 4.69) is 16.8 Å². The molecule has 4 nitrogen and oxygen atoms in total. The van der Waals surface area contributed by atoms with Crippen molar-refractivity contribution in [2.24, 2.45) is 0 Å². The molecule has 84 valence electrons. The molecule has 1 atom stereocenters. The molecule has 2 rings (SSSR count). The standard InChI is InChI=1S/C10H16N2O2S/c1-8-6-12(3-2-4-14-8)10-11-5-9(7-13)15-10/h5,8,13H,2-4,6-7H2,1H3. The van der Waals surface area contributed by atoms with Gasteiger partial charge < -0.3 is 14.7 Å². The maximum absolute atomic E-state index is 8.98. The molecule has 0 saturated carbocycles. The van der Waals surface area contributed by atoms with Crippen LogP contribution in [0.5, 0.6) is 0 Å². The zero-order chi connectivity index (χ0) is 10.7. The molecule has 0 aromatic carbocycles. The van der Waals surface area contributed by atoms with Crippen LogP contribution in [-0.4, -0.2) is 35.9 Å². The Morgan fingerprint density at radius 1 is 1.73 bits per heavy atom. The third kappa shape index (κ3) is 2.68. The highest BCUT2D eigenvalue weighted by Crippen LogP contribution is 2.24. The van der Waals surface area contributed by atoms with Crippen LogP contribution in [0.15, 0.2) is 6.20 Å². The largest absolute Gasteiger partial charge is 0.391 e. The summed E-state index contributed by atoms with van der Waals surface area (Å²) in [6.45, 7) is 4.87. The Bertz CT molecular complexity index is 316. The average Bonchev–Trinajstić information content (AvgIpc) is 2.61. The molecule has 1 aromatic heterocycles. The van der Waals surface area contributed by atoms with Gasteiger partial charge in [0.25, 0.3) is 0 Å². The molecule has 15 heavy (non-hydrogen) atoms. The lowest BCUT2D eigenvalue weighted by atomic mass is 10.4. The fourth-order valence-electron chi connectivity index (χ4n) is 1.68. The fourth-order valence-corrected chi connectivity index (χ4v) is 2.49. The lowest BCUT2D eigenvalue weighted by molar-refractivity contribution is 0.0821. The number of hydrogen-bond donors (Lipinski definition) is 1. The second kappa shape index (κ2) is 4.92. The predicted molar refractivity (Wildman–Crippen MR) is 60.3 cm³/mol. The molecule has 1 aromatic rings. The van der Waals surface area contributed by atoms with Crippen LogP contribution < -0.4 is 4.90 Å². The quantitative estimate of drug-likeness (QED) is 0.827. The lowest BCUT2D eigenvalue weighted by Crippen LogP contribution is -2.29. The summed E-state index contributed by atoms with van der Waals surface area (Å²) in [5.41, 5.74) is 0. The third-order valence-corrected chi connectivity index (χ3v) is 3.46. The number of hydrogen-bond acceptors (Lipinski definition) is 5. The van der Waals surface area contributed by atoms with Crippen LogP contribution >= 0.6 is 11.3 Å². The lowest BCUT2D eigenvalue weighted by Gasteiger charge is -2.20. The van der Waals surface area contributed by atoms with E-state index in [4.69, 9.17) is 9.84 Å². The van der Waals surface area contributed by atoms with E-state index in [1.54, 1.807) is 17.5 Å². The second-order valence-electron chi connectivity index (χ2n) is 3.75. The maximum Gasteiger partial charge on any atom is 0.185 e. The van der Waals surface area contributed by atoms with Crippen molar-refractivity contribution in [2.75, 3.05) is 24.6 Å². The minimum absolute atomic E-state index is 0.0809. The number of aliphatic hydroxyl groups is 1. The zero-order valence-electron chi connectivity index (χ0n) is 8.85. The van der Waals surface area contributed by atoms with Gasteiger partial charge in [-0.2, -0.15) is 0 Å². The molecule has 1 unspecified atom stereocenters. The molecule has 1 saturated heterocycles. The predicted octanol–water partition coefficient (Wildman–Crippen LogP) is 1.25. The molecular formula is C10H16N2O2S. The zero-order valence-corrected chi connectivity index (χ0v) is 9.66. The van der Waals surface area contributed by atoms with Crippen LogP contribution in [0.4, 0.5) is 5.13 Å². The van der Waals surface area contributed by atoms with Gasteiger partial charge >= 0.3 is 0 Å². The van der Waals surface area contributed by atoms with Crippen molar-refractivity contribution < 1.29 is 9.84 Å². The Morgan fingerprint density at radius 3 is 3.33 bits per heavy atom. The average molecular weight is 228 g/mol. The minimum atomic E-state index is 0.0809. The van der Waals surface area contributed by atoms with Crippen LogP contribution in [0.2, 0.25) is 0 Å². The Labute approximate surface area is 93.5 Å². The van der Waals surface area contributed by atoms with Gasteiger partial charge in [0.1, 0.15) is 0 Å². The number of aliphatic hydroxyl groups excluding tert-OH is 1. The first-order valence-corrected chi connectivity index (χ1v) is 6.03. The maximum atomic E-state index is 8.98. The van der Waals surface area contributed by atoms with Gasteiger partial charge in [0.2, 0.25) is 0 Å². The Kier molecular flexibility index (Phi) is 3.56. The van der Waals surface area contributed by atoms with E-state index in [1.165, 1.54) is 0 Å². The second-order valence-corrected chi connectivity index (χ2v) is 4.84. The first-order valence-electron chi connectivity index (χ1n) is 5.21. The van der Waals surface area contributed by atoms with Gasteiger partial charge in [-0.15, -0.1) is 0 Å². The molecule has 0 aliphatic carbocycles. The molecule has 1 fully saturated rings. The van der Waals surface area contributed by atoms with Crippen LogP contribution in [-0.2, 0) is 11.3 Å². The summed E-state index contributed by atoms with van der Waals surface area (Å²) in [5.74, 6) is 0. The van der Waals surface area contributed by atoms with Crippen LogP contribution in [0.3, 0.4) is 0 Å². The third-order valence-electron chi connectivity index (χ3n) is 2.42. The summed E-state index contributed by atoms with van der Waals surface area (Å²) in [6.07, 6.45) is 3.04. The number of aromatic nitrogens is 1. The van der Waals surface area contributed by atoms with Crippen molar-refractivity contribution in [3.8, 4) is 0 Å². The molecule has 1 aliphatic rings. The van der Waals surface area contributed by atoms with Crippen molar-refractivity contribution in [3.05, 3.63) is 11.1 Å². The van der Waals surface area contributed by atoms with Crippen molar-refractivity contribution in [2.45, 2.75) is 26.1 Å². The molecule has 0 amide bonds. The first-order chi connectivity index (χ1) is 7.29. The Balaban J connectivity index is 2.07. The molecule has 0 spiro atoms. The molecule has 5 heteroatoms. The molecule has 0 bridgehead atoms. The van der Waals surface area contributed by atoms with Crippen molar-refractivity contribution in [1.82, 2.24) is 4.98 Å². The number of anilines is 1. The highest BCUT2D eigenvalue weighted by Gasteiger charge is 2.17. The van der Waals surface area contributed by atoms with E-state index in [-0.39, 0.29) is 12.7 Å². The highest BCUT2D eigenvalue weighted by atomic mass is 32.1. The topological polar surface area (TPSA) is 45.6 Å². The van der Waals surface area contributed by atoms with E-state index in [0.717, 1.165) is 36.1 Å². The number of ether oxygens (including phenoxy) is 1. The van der Waals surface area contributed by atoms with Gasteiger partial charge in [0.15, 0.2) is 5.13 Å². The first kappa shape index (κ1) is 10.9. The van der Waals surface area contributed by atoms with Gasteiger partial charge in [0.05, 0.1) is 17.6 Å². The van der Waals surface area contributed by atoms with E-state index in [9.17, 15) is 0 Å². The summed E-state index contributed by atoms with van der Waals surface area (Å²) in [7, 11) is 0. The van der Waals surface area contributed by atoms with Gasteiger partial charge in [-0.25, -0.2) is 4.98 Å². The normalized spacial score (nSPS) is 22.8. The van der Waals surface area contributed by atoms with Gasteiger partial charge in [-0.3, -0.25) is 0 Å². The van der Waals surface area contributed by atoms with E-state index >= 15 is 0 Å². The monoisotopic (exact) mass is 228 g/mol. The molecule has 1 aliphatic heterocycles. The SMILES string of the molecule is CC1CN(c2ncc(CO)s2)CCCO1. The van der Waals surface area contributed by atoms with Crippen molar-refractivity contribution >= 4 is 16.5 Å². The van der Waals surface area contributed by atoms with Crippen molar-refractivity contribution in [3.63, 3.8) is 0 Å². The van der Waals surface area contributed by atoms with E-state index in [0.29, 0.717) is 0 Å². The molecule has 0 radical (unpaired) electrons. The summed E-state index contributed by atoms with van der Waals surface area (Å²) in [5, 5.41) is 9.98. The van der Waals surface area contributed by atoms with Crippen LogP contribution in [0.25, 0.3) is 0 Å². The summed E-state index contributed by atoms with van der Waals surface area (Å²) in [4.78, 5) is 7.47. The minimum Gasteiger partial charge on any atom is -0.391 e. The van der Waals surface area contributed by atoms with Crippen LogP contribution in [0.1, 0.15) is 18.2 Å². The Morgan fingerprint density at radius 2 is 2.60 bits per heavy atom. The van der Waals surface area contributed by atoms with E-state index in [1.807, 2.05) is 0 Å². The summed E-state index contributed by atoms with van der Waals surface area (Å²) in [6, 6.07) is 0. The van der Waals surface area contributed by atoms with Crippen molar-refractivity contribution in [1.29, 1.82) is 0 Å². The van der Waals surface area contributed by atoms with Gasteiger partial charge in [0, 0.05) is 25.9 Å². The highest BCUT2D eigenvalue weighted by molar-refractivity contribution is 7.15. The number of nitrogens with zero attached hydrogens (tertiary/aromatic N) is 2. The van der Waals surface area contributed by atoms with Crippen LogP contribution in [0, 0.1) is 0 Å². The number of thiazole rings is 1. The van der Waals surface area contributed by atoms with E-state index < -0.39 is 0 Å². The smallest absolute Gasteiger partial charge is 0.185 e. The van der Waals surface area contributed by atoms with Gasteiger partial charge in [-0.05, 0) is 13.3 Å². The summed E-state index contributed by atoms with van der Waals surface area (Å²) < 4.78 is 5.57. The summed E-state index contributed by atoms with van der Waals surface area (Å²) >= 11 is 1.56. The number of rotatable bonds is 2. The Hall–Kier alpha value is -0.650.